The lowest BCUT2D eigenvalue weighted by Crippen LogP contribution is -2.13. The molecule has 0 bridgehead atoms. The van der Waals surface area contributed by atoms with E-state index in [4.69, 9.17) is 22.1 Å². The van der Waals surface area contributed by atoms with Crippen molar-refractivity contribution in [3.63, 3.8) is 0 Å². The summed E-state index contributed by atoms with van der Waals surface area (Å²) in [6.45, 7) is 1.10. The molecule has 1 aromatic heterocycles. The molecule has 0 aliphatic carbocycles. The topological polar surface area (TPSA) is 53.1 Å². The van der Waals surface area contributed by atoms with Gasteiger partial charge >= 0.3 is 0 Å². The van der Waals surface area contributed by atoms with Crippen molar-refractivity contribution in [2.75, 3.05) is 12.3 Å². The molecule has 2 N–H and O–H groups in total. The van der Waals surface area contributed by atoms with Crippen molar-refractivity contribution in [3.8, 4) is 5.69 Å². The molecule has 1 aromatic carbocycles. The summed E-state index contributed by atoms with van der Waals surface area (Å²) in [5.41, 5.74) is 8.46. The number of rotatable bonds is 1. The number of aromatic nitrogens is 2. The number of nitrogen functional groups attached to an aromatic ring is 1. The molecule has 94 valence electrons. The van der Waals surface area contributed by atoms with E-state index in [1.165, 1.54) is 6.07 Å². The zero-order chi connectivity index (χ0) is 12.7. The van der Waals surface area contributed by atoms with Crippen LogP contribution in [0.25, 0.3) is 5.69 Å². The van der Waals surface area contributed by atoms with Crippen molar-refractivity contribution in [1.29, 1.82) is 0 Å². The van der Waals surface area contributed by atoms with Crippen molar-refractivity contribution in [2.45, 2.75) is 13.0 Å². The number of fused-ring (bicyclic) bond motifs is 1. The molecule has 0 saturated carbocycles. The van der Waals surface area contributed by atoms with E-state index < -0.39 is 5.82 Å². The largest absolute Gasteiger partial charge is 0.382 e. The van der Waals surface area contributed by atoms with Gasteiger partial charge in [0.1, 0.15) is 5.82 Å². The van der Waals surface area contributed by atoms with Crippen LogP contribution in [-0.4, -0.2) is 16.4 Å². The van der Waals surface area contributed by atoms with Gasteiger partial charge in [0.25, 0.3) is 0 Å². The van der Waals surface area contributed by atoms with Gasteiger partial charge in [-0.3, -0.25) is 0 Å². The monoisotopic (exact) mass is 267 g/mol. The van der Waals surface area contributed by atoms with Gasteiger partial charge in [0.15, 0.2) is 5.82 Å². The lowest BCUT2D eigenvalue weighted by atomic mass is 10.1. The van der Waals surface area contributed by atoms with Gasteiger partial charge in [-0.15, -0.1) is 0 Å². The van der Waals surface area contributed by atoms with Crippen LogP contribution in [0.1, 0.15) is 11.3 Å². The third-order valence-corrected chi connectivity index (χ3v) is 3.29. The molecule has 3 rings (SSSR count). The Labute approximate surface area is 108 Å². The van der Waals surface area contributed by atoms with Crippen LogP contribution in [-0.2, 0) is 17.8 Å². The molecule has 0 unspecified atom stereocenters. The lowest BCUT2D eigenvalue weighted by Gasteiger charge is -2.14. The van der Waals surface area contributed by atoms with Crippen LogP contribution in [0.3, 0.4) is 0 Å². The van der Waals surface area contributed by atoms with E-state index in [1.807, 2.05) is 0 Å². The molecule has 0 amide bonds. The molecule has 0 radical (unpaired) electrons. The minimum atomic E-state index is -0.447. The molecule has 1 aliphatic rings. The normalized spacial score (nSPS) is 14.6. The van der Waals surface area contributed by atoms with Crippen molar-refractivity contribution in [1.82, 2.24) is 9.78 Å². The summed E-state index contributed by atoms with van der Waals surface area (Å²) in [5.74, 6) is 0.00268. The van der Waals surface area contributed by atoms with Crippen molar-refractivity contribution in [2.24, 2.45) is 0 Å². The standard InChI is InChI=1S/C12H11ClFN3O/c13-9-5-7(1-2-10(9)14)17-11-3-4-18-6-8(11)12(15)16-17/h1-2,5H,3-4,6H2,(H2,15,16). The molecule has 6 heteroatoms. The fraction of sp³-hybridized carbons (Fsp3) is 0.250. The summed E-state index contributed by atoms with van der Waals surface area (Å²) in [7, 11) is 0. The number of benzene rings is 1. The van der Waals surface area contributed by atoms with Gasteiger partial charge in [0.2, 0.25) is 0 Å². The van der Waals surface area contributed by atoms with Crippen LogP contribution in [0.4, 0.5) is 10.2 Å². The Morgan fingerprint density at radius 2 is 2.28 bits per heavy atom. The van der Waals surface area contributed by atoms with Gasteiger partial charge in [0.05, 0.1) is 29.6 Å². The van der Waals surface area contributed by atoms with E-state index in [-0.39, 0.29) is 5.02 Å². The third kappa shape index (κ3) is 1.76. The summed E-state index contributed by atoms with van der Waals surface area (Å²) in [6, 6.07) is 4.49. The fourth-order valence-electron chi connectivity index (χ4n) is 2.09. The zero-order valence-corrected chi connectivity index (χ0v) is 10.2. The Kier molecular flexibility index (Phi) is 2.72. The van der Waals surface area contributed by atoms with Crippen LogP contribution in [0.15, 0.2) is 18.2 Å². The molecule has 0 fully saturated rings. The first-order valence-corrected chi connectivity index (χ1v) is 5.94. The van der Waals surface area contributed by atoms with Gasteiger partial charge in [-0.2, -0.15) is 5.10 Å². The van der Waals surface area contributed by atoms with Gasteiger partial charge in [0, 0.05) is 12.0 Å². The molecule has 0 spiro atoms. The molecule has 0 saturated heterocycles. The number of nitrogens with two attached hydrogens (primary N) is 1. The Hall–Kier alpha value is -1.59. The quantitative estimate of drug-likeness (QED) is 0.863. The smallest absolute Gasteiger partial charge is 0.151 e. The first-order chi connectivity index (χ1) is 8.66. The molecule has 4 nitrogen and oxygen atoms in total. The highest BCUT2D eigenvalue weighted by atomic mass is 35.5. The second-order valence-electron chi connectivity index (χ2n) is 4.12. The van der Waals surface area contributed by atoms with Crippen LogP contribution in [0.2, 0.25) is 5.02 Å². The molecular weight excluding hydrogens is 257 g/mol. The minimum absolute atomic E-state index is 0.0716. The maximum atomic E-state index is 13.2. The summed E-state index contributed by atoms with van der Waals surface area (Å²) in [5, 5.41) is 4.34. The van der Waals surface area contributed by atoms with Crippen LogP contribution in [0, 0.1) is 5.82 Å². The average molecular weight is 268 g/mol. The summed E-state index contributed by atoms with van der Waals surface area (Å²) in [4.78, 5) is 0. The molecule has 2 heterocycles. The SMILES string of the molecule is Nc1nn(-c2ccc(F)c(Cl)c2)c2c1COCC2. The number of hydrogen-bond donors (Lipinski definition) is 1. The molecular formula is C12H11ClFN3O. The lowest BCUT2D eigenvalue weighted by molar-refractivity contribution is 0.110. The van der Waals surface area contributed by atoms with Gasteiger partial charge < -0.3 is 10.5 Å². The van der Waals surface area contributed by atoms with Gasteiger partial charge in [-0.05, 0) is 18.2 Å². The molecule has 0 atom stereocenters. The predicted molar refractivity (Wildman–Crippen MR) is 66.3 cm³/mol. The highest BCUT2D eigenvalue weighted by molar-refractivity contribution is 6.30. The Morgan fingerprint density at radius 1 is 1.44 bits per heavy atom. The van der Waals surface area contributed by atoms with Crippen molar-refractivity contribution < 1.29 is 9.13 Å². The summed E-state index contributed by atoms with van der Waals surface area (Å²) in [6.07, 6.45) is 0.731. The number of halogens is 2. The van der Waals surface area contributed by atoms with E-state index in [9.17, 15) is 4.39 Å². The number of anilines is 1. The number of nitrogens with zero attached hydrogens (tertiary/aromatic N) is 2. The van der Waals surface area contributed by atoms with Crippen molar-refractivity contribution in [3.05, 3.63) is 40.3 Å². The number of ether oxygens (including phenoxy) is 1. The van der Waals surface area contributed by atoms with Gasteiger partial charge in [-0.25, -0.2) is 9.07 Å². The summed E-state index contributed by atoms with van der Waals surface area (Å²) >= 11 is 5.78. The van der Waals surface area contributed by atoms with E-state index in [2.05, 4.69) is 5.10 Å². The Balaban J connectivity index is 2.14. The van der Waals surface area contributed by atoms with Crippen LogP contribution < -0.4 is 5.73 Å². The molecule has 2 aromatic rings. The van der Waals surface area contributed by atoms with E-state index >= 15 is 0 Å². The fourth-order valence-corrected chi connectivity index (χ4v) is 2.27. The van der Waals surface area contributed by atoms with E-state index in [1.54, 1.807) is 16.8 Å². The van der Waals surface area contributed by atoms with Crippen LogP contribution >= 0.6 is 11.6 Å². The first-order valence-electron chi connectivity index (χ1n) is 5.56. The van der Waals surface area contributed by atoms with Crippen molar-refractivity contribution >= 4 is 17.4 Å². The highest BCUT2D eigenvalue weighted by Crippen LogP contribution is 2.27. The maximum Gasteiger partial charge on any atom is 0.151 e. The Morgan fingerprint density at radius 3 is 3.06 bits per heavy atom. The van der Waals surface area contributed by atoms with E-state index in [0.717, 1.165) is 17.7 Å². The maximum absolute atomic E-state index is 13.2. The molecule has 18 heavy (non-hydrogen) atoms. The predicted octanol–water partition coefficient (Wildman–Crippen LogP) is 2.32. The highest BCUT2D eigenvalue weighted by Gasteiger charge is 2.20. The minimum Gasteiger partial charge on any atom is -0.382 e. The third-order valence-electron chi connectivity index (χ3n) is 3.00. The van der Waals surface area contributed by atoms with Crippen LogP contribution in [0.5, 0.6) is 0 Å². The first kappa shape index (κ1) is 11.5. The number of hydrogen-bond acceptors (Lipinski definition) is 3. The second-order valence-corrected chi connectivity index (χ2v) is 4.53. The van der Waals surface area contributed by atoms with Gasteiger partial charge in [-0.1, -0.05) is 11.6 Å². The second kappa shape index (κ2) is 4.26. The van der Waals surface area contributed by atoms with E-state index in [0.29, 0.717) is 24.7 Å². The molecule has 1 aliphatic heterocycles. The zero-order valence-electron chi connectivity index (χ0n) is 9.49. The Bertz CT molecular complexity index is 612. The summed E-state index contributed by atoms with van der Waals surface area (Å²) < 4.78 is 20.2. The average Bonchev–Trinajstić information content (AvgIpc) is 2.71.